The van der Waals surface area contributed by atoms with Gasteiger partial charge in [0.05, 0.1) is 17.1 Å². The third-order valence-corrected chi connectivity index (χ3v) is 4.75. The number of amides is 2. The highest BCUT2D eigenvalue weighted by molar-refractivity contribution is 6.36. The molecule has 0 radical (unpaired) electrons. The molecule has 1 aromatic carbocycles. The van der Waals surface area contributed by atoms with E-state index in [1.165, 1.54) is 12.1 Å². The van der Waals surface area contributed by atoms with Crippen LogP contribution in [0.1, 0.15) is 23.2 Å². The number of halogens is 2. The fourth-order valence-corrected chi connectivity index (χ4v) is 3.43. The number of piperidine rings is 1. The summed E-state index contributed by atoms with van der Waals surface area (Å²) in [6.07, 6.45) is 5.19. The molecule has 0 saturated carbocycles. The zero-order valence-electron chi connectivity index (χ0n) is 14.5. The minimum atomic E-state index is -0.422. The van der Waals surface area contributed by atoms with Crippen molar-refractivity contribution < 1.29 is 9.59 Å². The Morgan fingerprint density at radius 1 is 1.22 bits per heavy atom. The molecule has 0 aliphatic carbocycles. The maximum atomic E-state index is 12.2. The Bertz CT molecular complexity index is 819. The van der Waals surface area contributed by atoms with Crippen LogP contribution in [-0.4, -0.2) is 47.5 Å². The zero-order valence-corrected chi connectivity index (χ0v) is 16.0. The van der Waals surface area contributed by atoms with Crippen molar-refractivity contribution in [3.05, 3.63) is 52.3 Å². The van der Waals surface area contributed by atoms with Crippen LogP contribution in [0.5, 0.6) is 0 Å². The van der Waals surface area contributed by atoms with Crippen molar-refractivity contribution in [2.45, 2.75) is 18.9 Å². The van der Waals surface area contributed by atoms with Gasteiger partial charge in [-0.3, -0.25) is 9.59 Å². The Balaban J connectivity index is 1.49. The molecule has 27 heavy (non-hydrogen) atoms. The van der Waals surface area contributed by atoms with Crippen LogP contribution < -0.4 is 15.5 Å². The number of hydrogen-bond acceptors (Lipinski definition) is 5. The molecular formula is C18H19Cl2N5O2. The van der Waals surface area contributed by atoms with Gasteiger partial charge >= 0.3 is 0 Å². The first-order valence-electron chi connectivity index (χ1n) is 8.57. The van der Waals surface area contributed by atoms with E-state index in [0.29, 0.717) is 17.5 Å². The van der Waals surface area contributed by atoms with Gasteiger partial charge in [0.2, 0.25) is 11.9 Å². The Kier molecular flexibility index (Phi) is 6.47. The van der Waals surface area contributed by atoms with E-state index in [2.05, 4.69) is 20.6 Å². The van der Waals surface area contributed by atoms with Crippen LogP contribution >= 0.6 is 23.2 Å². The van der Waals surface area contributed by atoms with Crippen molar-refractivity contribution in [1.82, 2.24) is 20.6 Å². The van der Waals surface area contributed by atoms with Crippen LogP contribution in [0.2, 0.25) is 10.0 Å². The Hall–Kier alpha value is -2.38. The molecule has 2 aromatic rings. The Labute approximate surface area is 167 Å². The highest BCUT2D eigenvalue weighted by Crippen LogP contribution is 2.20. The molecular weight excluding hydrogens is 389 g/mol. The summed E-state index contributed by atoms with van der Waals surface area (Å²) in [4.78, 5) is 34.9. The number of benzene rings is 1. The molecule has 1 aromatic heterocycles. The summed E-state index contributed by atoms with van der Waals surface area (Å²) >= 11 is 11.8. The third-order valence-electron chi connectivity index (χ3n) is 4.21. The maximum absolute atomic E-state index is 12.2. The number of nitrogens with zero attached hydrogens (tertiary/aromatic N) is 3. The lowest BCUT2D eigenvalue weighted by Crippen LogP contribution is -2.50. The summed E-state index contributed by atoms with van der Waals surface area (Å²) in [6.45, 7) is 1.35. The van der Waals surface area contributed by atoms with Crippen LogP contribution in [0.25, 0.3) is 0 Å². The minimum absolute atomic E-state index is 0.0221. The molecule has 1 unspecified atom stereocenters. The van der Waals surface area contributed by atoms with Crippen molar-refractivity contribution in [3.63, 3.8) is 0 Å². The average Bonchev–Trinajstić information content (AvgIpc) is 2.67. The molecule has 9 heteroatoms. The number of carbonyl (C=O) groups excluding carboxylic acids is 2. The number of hydrogen-bond donors (Lipinski definition) is 2. The quantitative estimate of drug-likeness (QED) is 0.793. The lowest BCUT2D eigenvalue weighted by atomic mass is 10.1. The van der Waals surface area contributed by atoms with Gasteiger partial charge in [-0.1, -0.05) is 23.2 Å². The molecule has 0 bridgehead atoms. The van der Waals surface area contributed by atoms with Gasteiger partial charge in [0.1, 0.15) is 0 Å². The van der Waals surface area contributed by atoms with Gasteiger partial charge in [-0.05, 0) is 37.1 Å². The first-order valence-corrected chi connectivity index (χ1v) is 9.33. The fourth-order valence-electron chi connectivity index (χ4n) is 2.94. The highest BCUT2D eigenvalue weighted by Gasteiger charge is 2.23. The van der Waals surface area contributed by atoms with Gasteiger partial charge in [-0.2, -0.15) is 0 Å². The molecule has 1 atom stereocenters. The summed E-state index contributed by atoms with van der Waals surface area (Å²) in [5.74, 6) is -0.0221. The fraction of sp³-hybridized carbons (Fsp3) is 0.333. The second-order valence-electron chi connectivity index (χ2n) is 6.21. The predicted octanol–water partition coefficient (Wildman–Crippen LogP) is 2.30. The second kappa shape index (κ2) is 9.01. The van der Waals surface area contributed by atoms with Gasteiger partial charge in [0.15, 0.2) is 0 Å². The molecule has 1 aliphatic heterocycles. The molecule has 3 rings (SSSR count). The number of nitrogens with one attached hydrogen (secondary N) is 2. The number of anilines is 1. The lowest BCUT2D eigenvalue weighted by molar-refractivity contribution is -0.120. The van der Waals surface area contributed by atoms with E-state index in [-0.39, 0.29) is 29.1 Å². The van der Waals surface area contributed by atoms with Crippen LogP contribution in [0, 0.1) is 0 Å². The van der Waals surface area contributed by atoms with Gasteiger partial charge in [-0.15, -0.1) is 0 Å². The number of carbonyl (C=O) groups is 2. The topological polar surface area (TPSA) is 87.2 Å². The van der Waals surface area contributed by atoms with E-state index in [4.69, 9.17) is 23.2 Å². The van der Waals surface area contributed by atoms with E-state index in [1.807, 2.05) is 4.90 Å². The third kappa shape index (κ3) is 5.30. The SMILES string of the molecule is O=C(CNC(=O)c1ccc(Cl)cc1Cl)NC1CCCN(c2ncccn2)C1. The second-order valence-corrected chi connectivity index (χ2v) is 7.05. The van der Waals surface area contributed by atoms with Crippen LogP contribution in [0.4, 0.5) is 5.95 Å². The van der Waals surface area contributed by atoms with Crippen LogP contribution in [0.15, 0.2) is 36.7 Å². The van der Waals surface area contributed by atoms with E-state index in [1.54, 1.807) is 24.5 Å². The van der Waals surface area contributed by atoms with E-state index in [9.17, 15) is 9.59 Å². The van der Waals surface area contributed by atoms with Gasteiger partial charge in [0, 0.05) is 36.5 Å². The lowest BCUT2D eigenvalue weighted by Gasteiger charge is -2.33. The van der Waals surface area contributed by atoms with Gasteiger partial charge in [-0.25, -0.2) is 9.97 Å². The summed E-state index contributed by atoms with van der Waals surface area (Å²) in [6, 6.07) is 6.33. The summed E-state index contributed by atoms with van der Waals surface area (Å²) in [5.41, 5.74) is 0.277. The molecule has 2 amide bonds. The predicted molar refractivity (Wildman–Crippen MR) is 104 cm³/mol. The monoisotopic (exact) mass is 407 g/mol. The number of rotatable bonds is 5. The highest BCUT2D eigenvalue weighted by atomic mass is 35.5. The molecule has 1 fully saturated rings. The largest absolute Gasteiger partial charge is 0.350 e. The average molecular weight is 408 g/mol. The molecule has 1 saturated heterocycles. The normalized spacial score (nSPS) is 16.7. The first-order chi connectivity index (χ1) is 13.0. The maximum Gasteiger partial charge on any atom is 0.253 e. The van der Waals surface area contributed by atoms with E-state index >= 15 is 0 Å². The molecule has 2 heterocycles. The summed E-state index contributed by atoms with van der Waals surface area (Å²) in [7, 11) is 0. The van der Waals surface area contributed by atoms with Crippen LogP contribution in [-0.2, 0) is 4.79 Å². The van der Waals surface area contributed by atoms with Crippen LogP contribution in [0.3, 0.4) is 0 Å². The van der Waals surface area contributed by atoms with Crippen molar-refractivity contribution >= 4 is 41.0 Å². The van der Waals surface area contributed by atoms with Crippen molar-refractivity contribution in [2.75, 3.05) is 24.5 Å². The first kappa shape index (κ1) is 19.4. The summed E-state index contributed by atoms with van der Waals surface area (Å²) in [5, 5.41) is 6.20. The van der Waals surface area contributed by atoms with Gasteiger partial charge in [0.25, 0.3) is 5.91 Å². The Morgan fingerprint density at radius 3 is 2.74 bits per heavy atom. The molecule has 142 valence electrons. The van der Waals surface area contributed by atoms with E-state index in [0.717, 1.165) is 19.4 Å². The van der Waals surface area contributed by atoms with Gasteiger partial charge < -0.3 is 15.5 Å². The number of aromatic nitrogens is 2. The smallest absolute Gasteiger partial charge is 0.253 e. The summed E-state index contributed by atoms with van der Waals surface area (Å²) < 4.78 is 0. The standard InChI is InChI=1S/C18H19Cl2N5O2/c19-12-4-5-14(15(20)9-12)17(27)23-10-16(26)24-13-3-1-8-25(11-13)18-21-6-2-7-22-18/h2,4-7,9,13H,1,3,8,10-11H2,(H,23,27)(H,24,26). The van der Waals surface area contributed by atoms with Crippen molar-refractivity contribution in [3.8, 4) is 0 Å². The Morgan fingerprint density at radius 2 is 2.00 bits per heavy atom. The van der Waals surface area contributed by atoms with Crippen molar-refractivity contribution in [2.24, 2.45) is 0 Å². The molecule has 2 N–H and O–H groups in total. The zero-order chi connectivity index (χ0) is 19.2. The minimum Gasteiger partial charge on any atom is -0.350 e. The molecule has 7 nitrogen and oxygen atoms in total. The molecule has 0 spiro atoms. The molecule has 1 aliphatic rings. The van der Waals surface area contributed by atoms with Crippen molar-refractivity contribution in [1.29, 1.82) is 0 Å². The van der Waals surface area contributed by atoms with E-state index < -0.39 is 5.91 Å².